The minimum absolute atomic E-state index is 0.201. The van der Waals surface area contributed by atoms with E-state index in [1.54, 1.807) is 10.7 Å². The molecule has 4 aromatic rings. The molecule has 0 saturated carbocycles. The van der Waals surface area contributed by atoms with Crippen LogP contribution in [0.15, 0.2) is 24.5 Å². The molecule has 0 aromatic carbocycles. The summed E-state index contributed by atoms with van der Waals surface area (Å²) in [4.78, 5) is 16.4. The second-order valence-corrected chi connectivity index (χ2v) is 10.1. The summed E-state index contributed by atoms with van der Waals surface area (Å²) >= 11 is 0. The summed E-state index contributed by atoms with van der Waals surface area (Å²) < 4.78 is 24.2. The Kier molecular flexibility index (Phi) is 5.45. The van der Waals surface area contributed by atoms with Crippen molar-refractivity contribution < 1.29 is 9.13 Å². The van der Waals surface area contributed by atoms with Crippen LogP contribution in [0.5, 0.6) is 0 Å². The highest BCUT2D eigenvalue weighted by molar-refractivity contribution is 5.83. The van der Waals surface area contributed by atoms with Gasteiger partial charge in [-0.15, -0.1) is 5.10 Å². The molecule has 0 radical (unpaired) electrons. The van der Waals surface area contributed by atoms with Crippen molar-refractivity contribution >= 4 is 22.6 Å². The number of pyridine rings is 1. The van der Waals surface area contributed by atoms with E-state index in [0.29, 0.717) is 34.7 Å². The molecule has 6 heterocycles. The first kappa shape index (κ1) is 22.4. The van der Waals surface area contributed by atoms with Gasteiger partial charge in [0.2, 0.25) is 5.95 Å². The smallest absolute Gasteiger partial charge is 0.241 e. The van der Waals surface area contributed by atoms with Crippen LogP contribution in [0.3, 0.4) is 0 Å². The van der Waals surface area contributed by atoms with Crippen LogP contribution >= 0.6 is 0 Å². The van der Waals surface area contributed by atoms with E-state index in [1.807, 2.05) is 19.1 Å². The maximum atomic E-state index is 15.2. The van der Waals surface area contributed by atoms with Gasteiger partial charge in [0.05, 0.1) is 48.4 Å². The summed E-state index contributed by atoms with van der Waals surface area (Å²) in [6, 6.07) is 4.74. The second kappa shape index (κ2) is 8.53. The van der Waals surface area contributed by atoms with Crippen LogP contribution in [0.2, 0.25) is 0 Å². The van der Waals surface area contributed by atoms with Gasteiger partial charge in [-0.05, 0) is 45.2 Å². The summed E-state index contributed by atoms with van der Waals surface area (Å²) in [5.41, 5.74) is 3.08. The summed E-state index contributed by atoms with van der Waals surface area (Å²) in [7, 11) is 0. The molecule has 6 rings (SSSR count). The molecule has 2 saturated heterocycles. The van der Waals surface area contributed by atoms with Gasteiger partial charge in [-0.2, -0.15) is 0 Å². The number of ether oxygens (including phenoxy) is 1. The predicted octanol–water partition coefficient (Wildman–Crippen LogP) is 3.69. The zero-order chi connectivity index (χ0) is 24.3. The van der Waals surface area contributed by atoms with E-state index in [9.17, 15) is 0 Å². The molecule has 2 atom stereocenters. The normalized spacial score (nSPS) is 21.8. The minimum Gasteiger partial charge on any atom is -0.378 e. The van der Waals surface area contributed by atoms with Gasteiger partial charge < -0.3 is 14.6 Å². The number of likely N-dealkylation sites (tertiary alicyclic amines) is 1. The SMILES string of the molecule is Cc1nc2ccc(-c3c(F)cn4nc(N[C@H]5CCN(C6COC6)C[C@H]5C)ncc34)nc2n1C(C)C. The maximum absolute atomic E-state index is 15.2. The number of halogens is 1. The summed E-state index contributed by atoms with van der Waals surface area (Å²) in [5.74, 6) is 1.47. The average Bonchev–Trinajstić information content (AvgIpc) is 3.28. The molecule has 2 aliphatic heterocycles. The monoisotopic (exact) mass is 478 g/mol. The van der Waals surface area contributed by atoms with Gasteiger partial charge in [-0.1, -0.05) is 6.92 Å². The lowest BCUT2D eigenvalue weighted by atomic mass is 9.92. The Balaban J connectivity index is 1.28. The Morgan fingerprint density at radius 2 is 2.03 bits per heavy atom. The van der Waals surface area contributed by atoms with E-state index in [1.165, 1.54) is 6.20 Å². The van der Waals surface area contributed by atoms with E-state index in [-0.39, 0.29) is 17.9 Å². The van der Waals surface area contributed by atoms with Crippen molar-refractivity contribution in [2.75, 3.05) is 31.6 Å². The Morgan fingerprint density at radius 3 is 2.74 bits per heavy atom. The molecule has 2 fully saturated rings. The van der Waals surface area contributed by atoms with Crippen LogP contribution in [-0.4, -0.2) is 72.4 Å². The molecular formula is C25H31FN8O. The summed E-state index contributed by atoms with van der Waals surface area (Å²) in [5, 5.41) is 8.06. The number of hydrogen-bond acceptors (Lipinski definition) is 7. The Hall–Kier alpha value is -3.11. The quantitative estimate of drug-likeness (QED) is 0.468. The van der Waals surface area contributed by atoms with Crippen LogP contribution in [0, 0.1) is 18.7 Å². The Morgan fingerprint density at radius 1 is 1.20 bits per heavy atom. The van der Waals surface area contributed by atoms with Crippen molar-refractivity contribution in [3.63, 3.8) is 0 Å². The fourth-order valence-corrected chi connectivity index (χ4v) is 5.42. The number of piperidine rings is 1. The molecule has 0 bridgehead atoms. The molecule has 4 aromatic heterocycles. The summed E-state index contributed by atoms with van der Waals surface area (Å²) in [6.07, 6.45) is 4.09. The number of aryl methyl sites for hydroxylation is 1. The molecular weight excluding hydrogens is 447 g/mol. The van der Waals surface area contributed by atoms with Crippen molar-refractivity contribution in [3.8, 4) is 11.3 Å². The number of nitrogens with one attached hydrogen (secondary N) is 1. The largest absolute Gasteiger partial charge is 0.378 e. The lowest BCUT2D eigenvalue weighted by Gasteiger charge is -2.44. The molecule has 0 amide bonds. The third-order valence-corrected chi connectivity index (χ3v) is 7.36. The van der Waals surface area contributed by atoms with Crippen molar-refractivity contribution in [2.45, 2.75) is 52.2 Å². The van der Waals surface area contributed by atoms with Gasteiger partial charge in [-0.25, -0.2) is 23.9 Å². The van der Waals surface area contributed by atoms with Crippen LogP contribution in [0.1, 0.15) is 39.1 Å². The van der Waals surface area contributed by atoms with Crippen molar-refractivity contribution in [3.05, 3.63) is 36.2 Å². The fourth-order valence-electron chi connectivity index (χ4n) is 5.42. The second-order valence-electron chi connectivity index (χ2n) is 10.1. The first-order valence-corrected chi connectivity index (χ1v) is 12.4. The van der Waals surface area contributed by atoms with Gasteiger partial charge in [0.1, 0.15) is 11.3 Å². The predicted molar refractivity (Wildman–Crippen MR) is 132 cm³/mol. The molecule has 0 spiro atoms. The summed E-state index contributed by atoms with van der Waals surface area (Å²) in [6.45, 7) is 12.1. The molecule has 10 heteroatoms. The van der Waals surface area contributed by atoms with Gasteiger partial charge in [0.25, 0.3) is 0 Å². The van der Waals surface area contributed by atoms with Crippen LogP contribution in [-0.2, 0) is 4.74 Å². The lowest BCUT2D eigenvalue weighted by molar-refractivity contribution is -0.0763. The third kappa shape index (κ3) is 3.84. The highest BCUT2D eigenvalue weighted by Crippen LogP contribution is 2.30. The molecule has 0 unspecified atom stereocenters. The number of aromatic nitrogens is 6. The van der Waals surface area contributed by atoms with Gasteiger partial charge in [-0.3, -0.25) is 4.90 Å². The number of imidazole rings is 1. The maximum Gasteiger partial charge on any atom is 0.241 e. The van der Waals surface area contributed by atoms with Crippen molar-refractivity contribution in [1.82, 2.24) is 34.0 Å². The Labute approximate surface area is 203 Å². The van der Waals surface area contributed by atoms with Crippen LogP contribution in [0.4, 0.5) is 10.3 Å². The van der Waals surface area contributed by atoms with E-state index >= 15 is 4.39 Å². The van der Waals surface area contributed by atoms with Crippen molar-refractivity contribution in [2.24, 2.45) is 5.92 Å². The average molecular weight is 479 g/mol. The number of nitrogens with zero attached hydrogens (tertiary/aromatic N) is 7. The first-order chi connectivity index (χ1) is 16.9. The van der Waals surface area contributed by atoms with E-state index in [2.05, 4.69) is 50.6 Å². The van der Waals surface area contributed by atoms with E-state index in [0.717, 1.165) is 49.7 Å². The molecule has 184 valence electrons. The number of hydrogen-bond donors (Lipinski definition) is 1. The zero-order valence-corrected chi connectivity index (χ0v) is 20.6. The highest BCUT2D eigenvalue weighted by Gasteiger charge is 2.33. The highest BCUT2D eigenvalue weighted by atomic mass is 19.1. The molecule has 9 nitrogen and oxygen atoms in total. The fraction of sp³-hybridized carbons (Fsp3) is 0.520. The molecule has 2 aliphatic rings. The van der Waals surface area contributed by atoms with Crippen LogP contribution < -0.4 is 5.32 Å². The topological polar surface area (TPSA) is 85.4 Å². The van der Waals surface area contributed by atoms with E-state index in [4.69, 9.17) is 9.72 Å². The lowest BCUT2D eigenvalue weighted by Crippen LogP contribution is -2.55. The number of rotatable bonds is 5. The van der Waals surface area contributed by atoms with Crippen LogP contribution in [0.25, 0.3) is 27.9 Å². The third-order valence-electron chi connectivity index (χ3n) is 7.36. The van der Waals surface area contributed by atoms with Gasteiger partial charge in [0, 0.05) is 25.2 Å². The first-order valence-electron chi connectivity index (χ1n) is 12.4. The molecule has 0 aliphatic carbocycles. The van der Waals surface area contributed by atoms with Gasteiger partial charge in [0.15, 0.2) is 11.5 Å². The standard InChI is InChI=1S/C25H31FN8O/c1-14(2)34-16(4)28-21-6-5-20(29-24(21)34)23-18(26)11-33-22(23)9-27-25(31-33)30-19-7-8-32(10-15(19)3)17-12-35-13-17/h5-6,9,11,14-15,17,19H,7-8,10,12-13H2,1-4H3,(H,30,31)/t15-,19+/m1/s1. The molecule has 1 N–H and O–H groups in total. The number of anilines is 1. The number of fused-ring (bicyclic) bond motifs is 2. The Bertz CT molecular complexity index is 1390. The van der Waals surface area contributed by atoms with Gasteiger partial charge >= 0.3 is 0 Å². The molecule has 35 heavy (non-hydrogen) atoms. The minimum atomic E-state index is -0.375. The van der Waals surface area contributed by atoms with Crippen molar-refractivity contribution in [1.29, 1.82) is 0 Å². The van der Waals surface area contributed by atoms with E-state index < -0.39 is 0 Å². The zero-order valence-electron chi connectivity index (χ0n) is 20.6.